The number of hydrogen-bond donors (Lipinski definition) is 2. The van der Waals surface area contributed by atoms with Gasteiger partial charge >= 0.3 is 6.18 Å². The Hall–Kier alpha value is -3.17. The highest BCUT2D eigenvalue weighted by Gasteiger charge is 2.24. The molecule has 6 nitrogen and oxygen atoms in total. The van der Waals surface area contributed by atoms with E-state index in [1.54, 1.807) is 20.2 Å². The molecule has 10 heteroatoms. The third-order valence-corrected chi connectivity index (χ3v) is 6.78. The monoisotopic (exact) mass is 610 g/mol. The Morgan fingerprint density at radius 3 is 2.21 bits per heavy atom. The van der Waals surface area contributed by atoms with Gasteiger partial charge in [0.1, 0.15) is 5.75 Å². The lowest BCUT2D eigenvalue weighted by Gasteiger charge is -2.11. The van der Waals surface area contributed by atoms with Gasteiger partial charge in [0.25, 0.3) is 0 Å². The van der Waals surface area contributed by atoms with Gasteiger partial charge in [-0.15, -0.1) is 0 Å². The fourth-order valence-electron chi connectivity index (χ4n) is 3.42. The molecule has 1 heterocycles. The molecule has 1 aromatic heterocycles. The van der Waals surface area contributed by atoms with Crippen molar-refractivity contribution < 1.29 is 22.7 Å². The number of Topliss-reactive ketones (excluding diaryl/α,β-unsaturated/α-hetero) is 1. The fraction of sp³-hybridized carbons (Fsp3) is 0.469. The second kappa shape index (κ2) is 19.9. The Kier molecular flexibility index (Phi) is 18.4. The number of halogens is 4. The molecule has 0 radical (unpaired) electrons. The number of aryl methyl sites for hydroxylation is 1. The number of nitrogens with one attached hydrogen (secondary N) is 1. The van der Waals surface area contributed by atoms with Gasteiger partial charge in [-0.05, 0) is 81.9 Å². The third-order valence-electron chi connectivity index (χ3n) is 6.35. The van der Waals surface area contributed by atoms with Crippen molar-refractivity contribution in [2.45, 2.75) is 86.4 Å². The van der Waals surface area contributed by atoms with E-state index < -0.39 is 12.6 Å². The van der Waals surface area contributed by atoms with Crippen LogP contribution in [0.2, 0.25) is 5.02 Å². The molecule has 0 bridgehead atoms. The maximum absolute atomic E-state index is 11.1. The van der Waals surface area contributed by atoms with Crippen molar-refractivity contribution in [2.24, 2.45) is 10.7 Å². The molecule has 0 fully saturated rings. The van der Waals surface area contributed by atoms with Crippen molar-refractivity contribution in [3.8, 4) is 5.75 Å². The summed E-state index contributed by atoms with van der Waals surface area (Å²) in [6.45, 7) is 13.3. The van der Waals surface area contributed by atoms with Gasteiger partial charge in [-0.25, -0.2) is 0 Å². The van der Waals surface area contributed by atoms with E-state index >= 15 is 0 Å². The molecule has 0 aliphatic carbocycles. The summed E-state index contributed by atoms with van der Waals surface area (Å²) in [5.74, 6) is 0.714. The molecular formula is C32H46ClF3N4O2. The Balaban J connectivity index is 0.000000558. The number of ether oxygens (including phenoxy) is 1. The number of methoxy groups -OCH3 is 1. The van der Waals surface area contributed by atoms with Crippen LogP contribution in [-0.4, -0.2) is 42.0 Å². The van der Waals surface area contributed by atoms with Crippen molar-refractivity contribution in [1.29, 1.82) is 0 Å². The predicted molar refractivity (Wildman–Crippen MR) is 170 cm³/mol. The molecule has 1 unspecified atom stereocenters. The number of carbonyl (C=O) groups is 1. The van der Waals surface area contributed by atoms with Gasteiger partial charge < -0.3 is 10.5 Å². The minimum Gasteiger partial charge on any atom is -0.496 e. The largest absolute Gasteiger partial charge is 0.496 e. The van der Waals surface area contributed by atoms with Crippen LogP contribution in [0.15, 0.2) is 53.2 Å². The second-order valence-electron chi connectivity index (χ2n) is 9.41. The average molecular weight is 611 g/mol. The molecule has 0 spiro atoms. The van der Waals surface area contributed by atoms with Gasteiger partial charge in [-0.3, -0.25) is 14.9 Å². The number of alkyl halides is 3. The molecule has 3 aromatic rings. The summed E-state index contributed by atoms with van der Waals surface area (Å²) in [7, 11) is 3.39. The zero-order valence-electron chi connectivity index (χ0n) is 26.2. The van der Waals surface area contributed by atoms with Crippen molar-refractivity contribution >= 4 is 34.0 Å². The molecular weight excluding hydrogens is 565 g/mol. The van der Waals surface area contributed by atoms with Crippen molar-refractivity contribution in [2.75, 3.05) is 14.2 Å². The number of nitrogens with two attached hydrogens (primary N) is 1. The first-order valence-corrected chi connectivity index (χ1v) is 14.3. The first kappa shape index (κ1) is 38.8. The predicted octanol–water partition coefficient (Wildman–Crippen LogP) is 9.48. The second-order valence-corrected chi connectivity index (χ2v) is 9.78. The summed E-state index contributed by atoms with van der Waals surface area (Å²) in [4.78, 5) is 15.2. The van der Waals surface area contributed by atoms with Crippen LogP contribution in [0, 0.1) is 0 Å². The third kappa shape index (κ3) is 13.7. The number of ketones is 1. The Bertz CT molecular complexity index is 1280. The number of carbonyl (C=O) groups excluding carboxylic acids is 1. The van der Waals surface area contributed by atoms with Gasteiger partial charge in [-0.2, -0.15) is 18.3 Å². The van der Waals surface area contributed by atoms with Crippen LogP contribution >= 0.6 is 11.6 Å². The summed E-state index contributed by atoms with van der Waals surface area (Å²) in [6.07, 6.45) is 1.19. The zero-order valence-corrected chi connectivity index (χ0v) is 27.0. The number of nitrogens with zero attached hydrogens (tertiary/aromatic N) is 2. The summed E-state index contributed by atoms with van der Waals surface area (Å²) in [5, 5.41) is 8.46. The minimum absolute atomic E-state index is 0.00167. The quantitative estimate of drug-likeness (QED) is 0.206. The number of allylic oxidation sites excluding steroid dienone is 2. The minimum atomic E-state index is -3.95. The van der Waals surface area contributed by atoms with Crippen LogP contribution in [0.1, 0.15) is 95.3 Å². The molecule has 0 saturated carbocycles. The highest BCUT2D eigenvalue weighted by atomic mass is 35.5. The van der Waals surface area contributed by atoms with Crippen LogP contribution in [0.3, 0.4) is 0 Å². The molecule has 3 N–H and O–H groups in total. The van der Waals surface area contributed by atoms with E-state index in [0.717, 1.165) is 35.0 Å². The summed E-state index contributed by atoms with van der Waals surface area (Å²) in [5.41, 5.74) is 12.1. The van der Waals surface area contributed by atoms with Gasteiger partial charge in [0.05, 0.1) is 29.4 Å². The maximum atomic E-state index is 11.1. The van der Waals surface area contributed by atoms with Gasteiger partial charge in [0.15, 0.2) is 5.78 Å². The molecule has 0 saturated heterocycles. The van der Waals surface area contributed by atoms with Crippen molar-refractivity contribution in [1.82, 2.24) is 10.2 Å². The van der Waals surface area contributed by atoms with Crippen LogP contribution in [-0.2, 0) is 6.42 Å². The smallest absolute Gasteiger partial charge is 0.389 e. The highest BCUT2D eigenvalue weighted by Crippen LogP contribution is 2.30. The molecule has 0 aliphatic heterocycles. The Morgan fingerprint density at radius 1 is 1.17 bits per heavy atom. The number of hydrogen-bond acceptors (Lipinski definition) is 5. The maximum Gasteiger partial charge on any atom is 0.389 e. The number of rotatable bonds is 7. The van der Waals surface area contributed by atoms with E-state index in [9.17, 15) is 18.0 Å². The lowest BCUT2D eigenvalue weighted by atomic mass is 10.0. The normalized spacial score (nSPS) is 12.2. The lowest BCUT2D eigenvalue weighted by molar-refractivity contribution is -0.134. The molecule has 42 heavy (non-hydrogen) atoms. The number of fused-ring (bicyclic) bond motifs is 1. The molecule has 2 aromatic carbocycles. The zero-order chi connectivity index (χ0) is 32.5. The van der Waals surface area contributed by atoms with Crippen molar-refractivity contribution in [3.63, 3.8) is 0 Å². The molecule has 234 valence electrons. The first-order chi connectivity index (χ1) is 19.7. The number of H-pyrrole nitrogens is 1. The van der Waals surface area contributed by atoms with Crippen LogP contribution in [0.4, 0.5) is 13.2 Å². The number of benzene rings is 2. The van der Waals surface area contributed by atoms with Gasteiger partial charge in [0, 0.05) is 30.6 Å². The first-order valence-electron chi connectivity index (χ1n) is 13.9. The molecule has 1 atom stereocenters. The lowest BCUT2D eigenvalue weighted by Crippen LogP contribution is -2.09. The highest BCUT2D eigenvalue weighted by molar-refractivity contribution is 6.36. The van der Waals surface area contributed by atoms with E-state index in [1.807, 2.05) is 58.2 Å². The van der Waals surface area contributed by atoms with Crippen LogP contribution in [0.25, 0.3) is 10.9 Å². The summed E-state index contributed by atoms with van der Waals surface area (Å²) < 4.78 is 38.3. The van der Waals surface area contributed by atoms with Crippen LogP contribution in [0.5, 0.6) is 5.75 Å². The van der Waals surface area contributed by atoms with Gasteiger partial charge in [-0.1, -0.05) is 50.6 Å². The fourth-order valence-corrected chi connectivity index (χ4v) is 3.77. The summed E-state index contributed by atoms with van der Waals surface area (Å²) in [6, 6.07) is 9.60. The number of aromatic nitrogens is 2. The Labute approximate surface area is 253 Å². The van der Waals surface area contributed by atoms with Gasteiger partial charge in [0.2, 0.25) is 0 Å². The number of aliphatic imine (C=N–C) groups is 1. The molecule has 3 rings (SSSR count). The average Bonchev–Trinajstić information content (AvgIpc) is 3.46. The van der Waals surface area contributed by atoms with E-state index in [-0.39, 0.29) is 18.2 Å². The van der Waals surface area contributed by atoms with Crippen molar-refractivity contribution in [3.05, 3.63) is 69.9 Å². The van der Waals surface area contributed by atoms with E-state index in [4.69, 9.17) is 22.1 Å². The Morgan fingerprint density at radius 2 is 1.81 bits per heavy atom. The molecule has 0 aliphatic rings. The number of aromatic amines is 1. The van der Waals surface area contributed by atoms with E-state index in [2.05, 4.69) is 35.1 Å². The molecule has 0 amide bonds. The van der Waals surface area contributed by atoms with Crippen LogP contribution < -0.4 is 10.5 Å². The standard InChI is InChI=1S/C11H14O2.C10H12ClN3.C7H13N.C4H7F3/c1-4-9-5-6-10(8(2)12)11(7-9)13-3;1-2-8(12)6-3-4-9-7(10(6)11)5-13-14-9;1-5-6(2)7(3)8-4;1-2-3-4(5,6)7/h5-7H,4H2,1-3H3;3-5,8H,2,12H2,1H3,(H,13,14);5H,1-4H3;2-3H2,1H3/b;;6-5-,8-7?;. The topological polar surface area (TPSA) is 93.4 Å². The summed E-state index contributed by atoms with van der Waals surface area (Å²) >= 11 is 6.22. The SMILES string of the molecule is C/C=C(/C)C(C)=NC.CCC(N)c1ccc2[nH]ncc2c1Cl.CCCC(F)(F)F.CCc1ccc(C(C)=O)c(OC)c1. The van der Waals surface area contributed by atoms with E-state index in [0.29, 0.717) is 16.3 Å². The van der Waals surface area contributed by atoms with E-state index in [1.165, 1.54) is 18.1 Å².